The number of piperidine rings is 1. The summed E-state index contributed by atoms with van der Waals surface area (Å²) in [6.45, 7) is 3.61. The highest BCUT2D eigenvalue weighted by Gasteiger charge is 2.17. The van der Waals surface area contributed by atoms with Crippen molar-refractivity contribution in [2.45, 2.75) is 38.6 Å². The highest BCUT2D eigenvalue weighted by molar-refractivity contribution is 5.95. The van der Waals surface area contributed by atoms with Crippen LogP contribution in [-0.4, -0.2) is 37.0 Å². The summed E-state index contributed by atoms with van der Waals surface area (Å²) in [5.41, 5.74) is 1.28. The van der Waals surface area contributed by atoms with Crippen molar-refractivity contribution in [1.29, 1.82) is 0 Å². The van der Waals surface area contributed by atoms with Gasteiger partial charge in [0.2, 0.25) is 0 Å². The number of hydrogen-bond acceptors (Lipinski definition) is 2. The van der Waals surface area contributed by atoms with Crippen LogP contribution in [0.25, 0.3) is 0 Å². The van der Waals surface area contributed by atoms with Gasteiger partial charge in [-0.15, -0.1) is 0 Å². The average Bonchev–Trinajstić information content (AvgIpc) is 2.47. The topological polar surface area (TPSA) is 32.3 Å². The lowest BCUT2D eigenvalue weighted by Gasteiger charge is -2.26. The molecule has 1 aromatic rings. The zero-order valence-electron chi connectivity index (χ0n) is 12.3. The zero-order valence-corrected chi connectivity index (χ0v) is 12.3. The predicted octanol–water partition coefficient (Wildman–Crippen LogP) is 2.74. The molecule has 0 spiro atoms. The number of nitrogens with zero attached hydrogens (tertiary/aromatic N) is 1. The van der Waals surface area contributed by atoms with Crippen LogP contribution in [-0.2, 0) is 0 Å². The van der Waals surface area contributed by atoms with Crippen LogP contribution in [0.4, 0.5) is 4.39 Å². The minimum atomic E-state index is -0.360. The molecule has 2 rings (SSSR count). The number of nitrogens with one attached hydrogen (secondary N) is 1. The molecule has 0 aliphatic carbocycles. The maximum absolute atomic E-state index is 13.3. The van der Waals surface area contributed by atoms with E-state index in [1.54, 1.807) is 18.0 Å². The third-order valence-corrected chi connectivity index (χ3v) is 4.00. The summed E-state index contributed by atoms with van der Waals surface area (Å²) in [5, 5.41) is 3.48. The summed E-state index contributed by atoms with van der Waals surface area (Å²) >= 11 is 0. The minimum absolute atomic E-state index is 0.0993. The monoisotopic (exact) mass is 278 g/mol. The van der Waals surface area contributed by atoms with Gasteiger partial charge in [-0.1, -0.05) is 12.5 Å². The van der Waals surface area contributed by atoms with Crippen molar-refractivity contribution in [1.82, 2.24) is 10.2 Å². The number of rotatable bonds is 4. The van der Waals surface area contributed by atoms with Gasteiger partial charge in [-0.05, 0) is 50.4 Å². The van der Waals surface area contributed by atoms with Crippen molar-refractivity contribution in [3.8, 4) is 0 Å². The molecule has 1 heterocycles. The van der Waals surface area contributed by atoms with Crippen molar-refractivity contribution in [2.24, 2.45) is 0 Å². The third-order valence-electron chi connectivity index (χ3n) is 4.00. The van der Waals surface area contributed by atoms with Gasteiger partial charge in [-0.25, -0.2) is 4.39 Å². The summed E-state index contributed by atoms with van der Waals surface area (Å²) < 4.78 is 13.3. The van der Waals surface area contributed by atoms with Gasteiger partial charge < -0.3 is 10.2 Å². The van der Waals surface area contributed by atoms with Gasteiger partial charge in [0.25, 0.3) is 5.91 Å². The normalized spacial score (nSPS) is 18.9. The van der Waals surface area contributed by atoms with Crippen LogP contribution in [0, 0.1) is 12.7 Å². The molecular weight excluding hydrogens is 255 g/mol. The second kappa shape index (κ2) is 6.84. The molecule has 4 heteroatoms. The predicted molar refractivity (Wildman–Crippen MR) is 78.4 cm³/mol. The lowest BCUT2D eigenvalue weighted by atomic mass is 10.0. The maximum Gasteiger partial charge on any atom is 0.253 e. The molecule has 1 N–H and O–H groups in total. The van der Waals surface area contributed by atoms with E-state index in [-0.39, 0.29) is 11.7 Å². The highest BCUT2D eigenvalue weighted by Crippen LogP contribution is 2.14. The molecule has 1 amide bonds. The molecule has 1 aliphatic heterocycles. The number of hydrogen-bond donors (Lipinski definition) is 1. The van der Waals surface area contributed by atoms with E-state index in [1.807, 2.05) is 6.92 Å². The maximum atomic E-state index is 13.3. The summed E-state index contributed by atoms with van der Waals surface area (Å²) in [4.78, 5) is 14.0. The molecule has 1 aliphatic rings. The highest BCUT2D eigenvalue weighted by atomic mass is 19.1. The first kappa shape index (κ1) is 15.0. The molecule has 1 unspecified atom stereocenters. The van der Waals surface area contributed by atoms with Crippen molar-refractivity contribution >= 4 is 5.91 Å². The first-order chi connectivity index (χ1) is 9.58. The van der Waals surface area contributed by atoms with Crippen molar-refractivity contribution in [3.05, 3.63) is 35.1 Å². The smallest absolute Gasteiger partial charge is 0.253 e. The second-order valence-corrected chi connectivity index (χ2v) is 5.62. The van der Waals surface area contributed by atoms with Crippen LogP contribution >= 0.6 is 0 Å². The third kappa shape index (κ3) is 3.79. The van der Waals surface area contributed by atoms with Crippen LogP contribution in [0.1, 0.15) is 41.6 Å². The Balaban J connectivity index is 1.92. The number of aryl methyl sites for hydroxylation is 1. The van der Waals surface area contributed by atoms with Crippen LogP contribution in [0.15, 0.2) is 18.2 Å². The molecule has 20 heavy (non-hydrogen) atoms. The number of carbonyl (C=O) groups excluding carboxylic acids is 1. The first-order valence-electron chi connectivity index (χ1n) is 7.33. The fourth-order valence-corrected chi connectivity index (χ4v) is 2.65. The Labute approximate surface area is 120 Å². The van der Waals surface area contributed by atoms with E-state index >= 15 is 0 Å². The molecule has 1 saturated heterocycles. The lowest BCUT2D eigenvalue weighted by Crippen LogP contribution is -2.38. The average molecular weight is 278 g/mol. The summed E-state index contributed by atoms with van der Waals surface area (Å²) in [5.74, 6) is -0.459. The molecule has 0 bridgehead atoms. The van der Waals surface area contributed by atoms with E-state index in [4.69, 9.17) is 0 Å². The van der Waals surface area contributed by atoms with Gasteiger partial charge in [-0.3, -0.25) is 4.79 Å². The van der Waals surface area contributed by atoms with Crippen LogP contribution < -0.4 is 5.32 Å². The number of amides is 1. The van der Waals surface area contributed by atoms with Crippen molar-refractivity contribution < 1.29 is 9.18 Å². The second-order valence-electron chi connectivity index (χ2n) is 5.62. The lowest BCUT2D eigenvalue weighted by molar-refractivity contribution is 0.0787. The van der Waals surface area contributed by atoms with Gasteiger partial charge in [0.15, 0.2) is 0 Å². The molecule has 0 radical (unpaired) electrons. The van der Waals surface area contributed by atoms with E-state index in [1.165, 1.54) is 31.4 Å². The van der Waals surface area contributed by atoms with Crippen LogP contribution in [0.2, 0.25) is 0 Å². The number of carbonyl (C=O) groups is 1. The number of benzene rings is 1. The van der Waals surface area contributed by atoms with Gasteiger partial charge in [0.1, 0.15) is 5.82 Å². The Morgan fingerprint density at radius 2 is 2.25 bits per heavy atom. The SMILES string of the molecule is Cc1ccc(F)cc1C(=O)N(C)CCC1CCCCN1. The molecule has 1 fully saturated rings. The fourth-order valence-electron chi connectivity index (χ4n) is 2.65. The molecule has 110 valence electrons. The molecular formula is C16H23FN2O. The Morgan fingerprint density at radius 1 is 1.45 bits per heavy atom. The minimum Gasteiger partial charge on any atom is -0.342 e. The summed E-state index contributed by atoms with van der Waals surface area (Å²) in [6.07, 6.45) is 4.64. The van der Waals surface area contributed by atoms with Gasteiger partial charge in [-0.2, -0.15) is 0 Å². The Bertz CT molecular complexity index is 470. The van der Waals surface area contributed by atoms with Crippen LogP contribution in [0.3, 0.4) is 0 Å². The first-order valence-corrected chi connectivity index (χ1v) is 7.33. The Morgan fingerprint density at radius 3 is 2.95 bits per heavy atom. The summed E-state index contributed by atoms with van der Waals surface area (Å²) in [7, 11) is 1.79. The zero-order chi connectivity index (χ0) is 14.5. The van der Waals surface area contributed by atoms with Gasteiger partial charge >= 0.3 is 0 Å². The largest absolute Gasteiger partial charge is 0.342 e. The standard InChI is InChI=1S/C16H23FN2O/c1-12-6-7-13(17)11-15(12)16(20)19(2)10-8-14-5-3-4-9-18-14/h6-7,11,14,18H,3-5,8-10H2,1-2H3. The molecule has 1 aromatic carbocycles. The van der Waals surface area contributed by atoms with Crippen molar-refractivity contribution in [3.63, 3.8) is 0 Å². The van der Waals surface area contributed by atoms with E-state index in [2.05, 4.69) is 5.32 Å². The molecule has 1 atom stereocenters. The van der Waals surface area contributed by atoms with Gasteiger partial charge in [0, 0.05) is 25.2 Å². The Hall–Kier alpha value is -1.42. The van der Waals surface area contributed by atoms with E-state index < -0.39 is 0 Å². The number of halogens is 1. The van der Waals surface area contributed by atoms with E-state index in [9.17, 15) is 9.18 Å². The quantitative estimate of drug-likeness (QED) is 0.918. The molecule has 0 saturated carbocycles. The summed E-state index contributed by atoms with van der Waals surface area (Å²) in [6, 6.07) is 4.87. The van der Waals surface area contributed by atoms with Gasteiger partial charge in [0.05, 0.1) is 0 Å². The van der Waals surface area contributed by atoms with Crippen LogP contribution in [0.5, 0.6) is 0 Å². The fraction of sp³-hybridized carbons (Fsp3) is 0.562. The van der Waals surface area contributed by atoms with E-state index in [0.717, 1.165) is 18.5 Å². The van der Waals surface area contributed by atoms with Crippen molar-refractivity contribution in [2.75, 3.05) is 20.1 Å². The molecule has 0 aromatic heterocycles. The van der Waals surface area contributed by atoms with E-state index in [0.29, 0.717) is 18.2 Å². The Kier molecular flexibility index (Phi) is 5.12. The molecule has 3 nitrogen and oxygen atoms in total.